The molecule has 0 bridgehead atoms. The fourth-order valence-corrected chi connectivity index (χ4v) is 4.19. The van der Waals surface area contributed by atoms with E-state index in [0.29, 0.717) is 0 Å². The van der Waals surface area contributed by atoms with Gasteiger partial charge in [0, 0.05) is 18.9 Å². The molecule has 0 saturated carbocycles. The van der Waals surface area contributed by atoms with Gasteiger partial charge < -0.3 is 4.43 Å². The second-order valence-electron chi connectivity index (χ2n) is 4.45. The van der Waals surface area contributed by atoms with Crippen molar-refractivity contribution >= 4 is 32.2 Å². The van der Waals surface area contributed by atoms with E-state index in [-0.39, 0.29) is 0 Å². The Morgan fingerprint density at radius 2 is 1.12 bits per heavy atom. The maximum absolute atomic E-state index is 5.65. The maximum Gasteiger partial charge on any atom is 0.210 e. The first-order valence-corrected chi connectivity index (χ1v) is 9.75. The largest absolute Gasteiger partial charge is 0.420 e. The molecule has 4 heteroatoms. The van der Waals surface area contributed by atoms with Crippen LogP contribution in [0.3, 0.4) is 0 Å². The summed E-state index contributed by atoms with van der Waals surface area (Å²) in [7, 11) is 1.36. The van der Waals surface area contributed by atoms with Gasteiger partial charge in [-0.3, -0.25) is 0 Å². The average Bonchev–Trinajstić information content (AvgIpc) is 2.36. The van der Waals surface area contributed by atoms with Crippen molar-refractivity contribution in [3.05, 3.63) is 0 Å². The number of rotatable bonds is 13. The zero-order chi connectivity index (χ0) is 12.8. The molecule has 0 saturated heterocycles. The molecule has 1 nitrogen and oxygen atoms in total. The lowest BCUT2D eigenvalue weighted by Crippen LogP contribution is -2.15. The predicted octanol–water partition coefficient (Wildman–Crippen LogP) is 5.22. The van der Waals surface area contributed by atoms with Crippen LogP contribution in [0.1, 0.15) is 51.4 Å². The van der Waals surface area contributed by atoms with Crippen LogP contribution >= 0.6 is 23.2 Å². The Hall–Kier alpha value is 0.757. The van der Waals surface area contributed by atoms with Gasteiger partial charge in [0.25, 0.3) is 0 Å². The van der Waals surface area contributed by atoms with Gasteiger partial charge in [0.2, 0.25) is 9.04 Å². The van der Waals surface area contributed by atoms with E-state index in [1.54, 1.807) is 0 Å². The second-order valence-corrected chi connectivity index (χ2v) is 7.69. The molecule has 0 spiro atoms. The van der Waals surface area contributed by atoms with E-state index in [2.05, 4.69) is 0 Å². The molecule has 0 amide bonds. The second kappa shape index (κ2) is 14.8. The fraction of sp³-hybridized carbons (Fsp3) is 1.00. The number of hydrogen-bond donors (Lipinski definition) is 0. The quantitative estimate of drug-likeness (QED) is 0.257. The van der Waals surface area contributed by atoms with Crippen LogP contribution in [-0.4, -0.2) is 27.9 Å². The maximum atomic E-state index is 5.65. The number of alkyl halides is 2. The van der Waals surface area contributed by atoms with Gasteiger partial charge in [-0.2, -0.15) is 0 Å². The Bertz CT molecular complexity index is 133. The van der Waals surface area contributed by atoms with Crippen LogP contribution in [0.2, 0.25) is 12.1 Å². The molecule has 0 aromatic rings. The van der Waals surface area contributed by atoms with Crippen LogP contribution in [0.5, 0.6) is 0 Å². The minimum atomic E-state index is -0.524. The lowest BCUT2D eigenvalue weighted by molar-refractivity contribution is 0.412. The topological polar surface area (TPSA) is 9.23 Å². The molecule has 0 aliphatic rings. The highest BCUT2D eigenvalue weighted by molar-refractivity contribution is 6.51. The third-order valence-corrected chi connectivity index (χ3v) is 5.90. The van der Waals surface area contributed by atoms with Crippen LogP contribution in [-0.2, 0) is 4.43 Å². The standard InChI is InChI=1S/C13H27Cl2OSi/c1-16-17(12-8-4-2-6-10-14)13-9-5-3-7-11-15/h2-13H2,1H3. The Labute approximate surface area is 119 Å². The molecular formula is C13H27Cl2OSi. The molecule has 0 unspecified atom stereocenters. The smallest absolute Gasteiger partial charge is 0.210 e. The van der Waals surface area contributed by atoms with Crippen molar-refractivity contribution in [1.29, 1.82) is 0 Å². The van der Waals surface area contributed by atoms with E-state index in [1.165, 1.54) is 50.6 Å². The molecule has 17 heavy (non-hydrogen) atoms. The summed E-state index contributed by atoms with van der Waals surface area (Å²) in [5.74, 6) is 1.62. The molecule has 0 heterocycles. The SMILES string of the molecule is CO[Si](CCCCCCCl)CCCCCCCl. The van der Waals surface area contributed by atoms with Crippen molar-refractivity contribution in [3.63, 3.8) is 0 Å². The van der Waals surface area contributed by atoms with Crippen LogP contribution < -0.4 is 0 Å². The highest BCUT2D eigenvalue weighted by Gasteiger charge is 2.10. The van der Waals surface area contributed by atoms with E-state index >= 15 is 0 Å². The van der Waals surface area contributed by atoms with Crippen molar-refractivity contribution < 1.29 is 4.43 Å². The zero-order valence-electron chi connectivity index (χ0n) is 11.1. The predicted molar refractivity (Wildman–Crippen MR) is 80.8 cm³/mol. The van der Waals surface area contributed by atoms with E-state index in [4.69, 9.17) is 27.6 Å². The van der Waals surface area contributed by atoms with E-state index in [9.17, 15) is 0 Å². The summed E-state index contributed by atoms with van der Waals surface area (Å²) in [5, 5.41) is 0. The summed E-state index contributed by atoms with van der Waals surface area (Å²) in [6, 6.07) is 2.61. The van der Waals surface area contributed by atoms with Crippen molar-refractivity contribution in [2.45, 2.75) is 63.5 Å². The Morgan fingerprint density at radius 3 is 1.47 bits per heavy atom. The van der Waals surface area contributed by atoms with Crippen molar-refractivity contribution in [2.75, 3.05) is 18.9 Å². The van der Waals surface area contributed by atoms with Gasteiger partial charge in [-0.15, -0.1) is 23.2 Å². The van der Waals surface area contributed by atoms with Gasteiger partial charge in [0.15, 0.2) is 0 Å². The molecule has 0 aliphatic carbocycles. The van der Waals surface area contributed by atoms with Gasteiger partial charge in [-0.1, -0.05) is 38.5 Å². The van der Waals surface area contributed by atoms with Crippen molar-refractivity contribution in [2.24, 2.45) is 0 Å². The number of hydrogen-bond acceptors (Lipinski definition) is 1. The first-order chi connectivity index (χ1) is 8.35. The zero-order valence-corrected chi connectivity index (χ0v) is 13.7. The molecule has 0 rings (SSSR count). The molecule has 0 N–H and O–H groups in total. The van der Waals surface area contributed by atoms with Gasteiger partial charge in [-0.05, 0) is 24.9 Å². The minimum absolute atomic E-state index is 0.524. The Balaban J connectivity index is 3.30. The minimum Gasteiger partial charge on any atom is -0.420 e. The van der Waals surface area contributed by atoms with Crippen LogP contribution in [0.25, 0.3) is 0 Å². The van der Waals surface area contributed by atoms with Crippen molar-refractivity contribution in [3.8, 4) is 0 Å². The molecule has 0 aliphatic heterocycles. The Kier molecular flexibility index (Phi) is 15.5. The first kappa shape index (κ1) is 17.8. The molecule has 1 radical (unpaired) electrons. The summed E-state index contributed by atoms with van der Waals surface area (Å²) in [5.41, 5.74) is 0. The first-order valence-electron chi connectivity index (χ1n) is 6.85. The lowest BCUT2D eigenvalue weighted by atomic mass is 10.2. The van der Waals surface area contributed by atoms with E-state index < -0.39 is 9.04 Å². The van der Waals surface area contributed by atoms with Gasteiger partial charge >= 0.3 is 0 Å². The molecular weight excluding hydrogens is 271 g/mol. The summed E-state index contributed by atoms with van der Waals surface area (Å²) < 4.78 is 5.61. The van der Waals surface area contributed by atoms with Crippen LogP contribution in [0, 0.1) is 0 Å². The Morgan fingerprint density at radius 1 is 0.706 bits per heavy atom. The molecule has 0 aromatic heterocycles. The average molecular weight is 298 g/mol. The fourth-order valence-electron chi connectivity index (χ4n) is 1.87. The van der Waals surface area contributed by atoms with Crippen molar-refractivity contribution in [1.82, 2.24) is 0 Å². The monoisotopic (exact) mass is 297 g/mol. The summed E-state index contributed by atoms with van der Waals surface area (Å²) in [4.78, 5) is 0. The van der Waals surface area contributed by atoms with E-state index in [0.717, 1.165) is 24.6 Å². The normalized spacial score (nSPS) is 11.3. The lowest BCUT2D eigenvalue weighted by Gasteiger charge is -2.12. The van der Waals surface area contributed by atoms with Crippen LogP contribution in [0.15, 0.2) is 0 Å². The summed E-state index contributed by atoms with van der Waals surface area (Å²) in [6.45, 7) is 0. The molecule has 103 valence electrons. The summed E-state index contributed by atoms with van der Waals surface area (Å²) >= 11 is 11.3. The summed E-state index contributed by atoms with van der Waals surface area (Å²) in [6.07, 6.45) is 10.1. The number of halogens is 2. The third-order valence-electron chi connectivity index (χ3n) is 2.97. The highest BCUT2D eigenvalue weighted by atomic mass is 35.5. The number of unbranched alkanes of at least 4 members (excludes halogenated alkanes) is 6. The van der Waals surface area contributed by atoms with Gasteiger partial charge in [0.05, 0.1) is 0 Å². The highest BCUT2D eigenvalue weighted by Crippen LogP contribution is 2.14. The van der Waals surface area contributed by atoms with Gasteiger partial charge in [0.1, 0.15) is 0 Å². The van der Waals surface area contributed by atoms with Crippen LogP contribution in [0.4, 0.5) is 0 Å². The third kappa shape index (κ3) is 13.0. The molecule has 0 aromatic carbocycles. The van der Waals surface area contributed by atoms with Gasteiger partial charge in [-0.25, -0.2) is 0 Å². The van der Waals surface area contributed by atoms with E-state index in [1.807, 2.05) is 7.11 Å². The molecule has 0 atom stereocenters. The molecule has 0 fully saturated rings.